The van der Waals surface area contributed by atoms with E-state index in [0.29, 0.717) is 52.3 Å². The molecule has 1 aromatic carbocycles. The average Bonchev–Trinajstić information content (AvgIpc) is 2.75. The summed E-state index contributed by atoms with van der Waals surface area (Å²) in [4.78, 5) is 0. The van der Waals surface area contributed by atoms with Gasteiger partial charge in [0.1, 0.15) is 19.6 Å². The van der Waals surface area contributed by atoms with E-state index in [9.17, 15) is 4.39 Å². The monoisotopic (exact) mass is 408 g/mol. The lowest BCUT2D eigenvalue weighted by molar-refractivity contribution is -0.125. The maximum absolute atomic E-state index is 13.3. The zero-order valence-corrected chi connectivity index (χ0v) is 17.3. The first kappa shape index (κ1) is 23.8. The molecule has 1 saturated carbocycles. The maximum atomic E-state index is 13.3. The topological polar surface area (TPSA) is 46.2 Å². The normalized spacial score (nSPS) is 20.1. The van der Waals surface area contributed by atoms with Gasteiger partial charge in [-0.1, -0.05) is 42.2 Å². The first-order valence-corrected chi connectivity index (χ1v) is 10.3. The van der Waals surface area contributed by atoms with E-state index >= 15 is 0 Å². The summed E-state index contributed by atoms with van der Waals surface area (Å²) in [6.07, 6.45) is 2.43. The van der Waals surface area contributed by atoms with E-state index in [-0.39, 0.29) is 19.0 Å². The molecule has 1 aliphatic rings. The van der Waals surface area contributed by atoms with E-state index in [1.165, 1.54) is 0 Å². The molecule has 1 atom stereocenters. The van der Waals surface area contributed by atoms with Crippen LogP contribution in [0.4, 0.5) is 4.39 Å². The Hall–Kier alpha value is -1.49. The van der Waals surface area contributed by atoms with Gasteiger partial charge in [0.15, 0.2) is 0 Å². The molecule has 0 N–H and O–H groups in total. The van der Waals surface area contributed by atoms with Gasteiger partial charge in [-0.05, 0) is 31.2 Å². The number of methoxy groups -OCH3 is 1. The van der Waals surface area contributed by atoms with Crippen molar-refractivity contribution in [1.82, 2.24) is 0 Å². The summed E-state index contributed by atoms with van der Waals surface area (Å²) in [5, 5.41) is 0. The highest BCUT2D eigenvalue weighted by Crippen LogP contribution is 2.23. The fourth-order valence-corrected chi connectivity index (χ4v) is 2.97. The average molecular weight is 409 g/mol. The van der Waals surface area contributed by atoms with Gasteiger partial charge in [0.2, 0.25) is 0 Å². The Labute approximate surface area is 173 Å². The minimum absolute atomic E-state index is 0.102. The van der Waals surface area contributed by atoms with Gasteiger partial charge < -0.3 is 23.7 Å². The van der Waals surface area contributed by atoms with Gasteiger partial charge in [-0.3, -0.25) is 0 Å². The van der Waals surface area contributed by atoms with Crippen molar-refractivity contribution in [3.63, 3.8) is 0 Å². The number of alkyl halides is 1. The molecule has 1 aromatic rings. The largest absolute Gasteiger partial charge is 0.382 e. The van der Waals surface area contributed by atoms with E-state index in [0.717, 1.165) is 18.4 Å². The molecule has 0 unspecified atom stereocenters. The molecule has 1 aliphatic carbocycles. The number of hydrogen-bond donors (Lipinski definition) is 0. The highest BCUT2D eigenvalue weighted by atomic mass is 19.1. The molecular formula is C23H33FO5. The Morgan fingerprint density at radius 3 is 2.59 bits per heavy atom. The molecule has 0 aliphatic heterocycles. The Balaban J connectivity index is 1.67. The minimum atomic E-state index is -0.683. The third-order valence-electron chi connectivity index (χ3n) is 4.68. The van der Waals surface area contributed by atoms with Crippen molar-refractivity contribution in [3.05, 3.63) is 35.9 Å². The van der Waals surface area contributed by atoms with E-state index in [1.54, 1.807) is 7.11 Å². The summed E-state index contributed by atoms with van der Waals surface area (Å²) >= 11 is 0. The van der Waals surface area contributed by atoms with Crippen LogP contribution in [0.1, 0.15) is 37.7 Å². The fraction of sp³-hybridized carbons (Fsp3) is 0.652. The molecule has 0 saturated heterocycles. The highest BCUT2D eigenvalue weighted by Gasteiger charge is 2.22. The SMILES string of the molecule is COCCOCO[C@@H](CC#CCOCc1ccccc1)COC1CCC(F)CC1. The summed E-state index contributed by atoms with van der Waals surface area (Å²) in [6, 6.07) is 10.00. The van der Waals surface area contributed by atoms with Gasteiger partial charge in [0.25, 0.3) is 0 Å². The first-order chi connectivity index (χ1) is 14.3. The quantitative estimate of drug-likeness (QED) is 0.281. The standard InChI is InChI=1S/C23H33FO5/c1-25-15-16-27-19-29-23(18-28-22-12-10-21(24)11-13-22)9-5-6-14-26-17-20-7-3-2-4-8-20/h2-4,7-8,21-23H,9-19H2,1H3/t21?,22?,23-/m0/s1. The van der Waals surface area contributed by atoms with Gasteiger partial charge in [0, 0.05) is 13.5 Å². The number of benzene rings is 1. The molecule has 0 spiro atoms. The number of hydrogen-bond acceptors (Lipinski definition) is 5. The molecule has 29 heavy (non-hydrogen) atoms. The van der Waals surface area contributed by atoms with E-state index < -0.39 is 6.17 Å². The summed E-state index contributed by atoms with van der Waals surface area (Å²) in [6.45, 7) is 2.51. The minimum Gasteiger partial charge on any atom is -0.382 e. The number of ether oxygens (including phenoxy) is 5. The molecule has 5 nitrogen and oxygen atoms in total. The fourth-order valence-electron chi connectivity index (χ4n) is 2.97. The second kappa shape index (κ2) is 15.4. The van der Waals surface area contributed by atoms with Crippen LogP contribution in [0.2, 0.25) is 0 Å². The van der Waals surface area contributed by atoms with Crippen molar-refractivity contribution in [2.75, 3.05) is 40.3 Å². The van der Waals surface area contributed by atoms with Crippen LogP contribution < -0.4 is 0 Å². The molecule has 0 bridgehead atoms. The number of halogens is 1. The van der Waals surface area contributed by atoms with Crippen molar-refractivity contribution in [2.24, 2.45) is 0 Å². The van der Waals surface area contributed by atoms with Crippen LogP contribution in [-0.4, -0.2) is 58.7 Å². The van der Waals surface area contributed by atoms with Crippen LogP contribution in [0.3, 0.4) is 0 Å². The van der Waals surface area contributed by atoms with Crippen LogP contribution in [0, 0.1) is 11.8 Å². The van der Waals surface area contributed by atoms with Crippen molar-refractivity contribution >= 4 is 0 Å². The van der Waals surface area contributed by atoms with E-state index in [1.807, 2.05) is 30.3 Å². The Bertz CT molecular complexity index is 578. The van der Waals surface area contributed by atoms with Crippen LogP contribution in [0.5, 0.6) is 0 Å². The molecule has 0 aromatic heterocycles. The van der Waals surface area contributed by atoms with Crippen LogP contribution in [0.15, 0.2) is 30.3 Å². The lowest BCUT2D eigenvalue weighted by Gasteiger charge is -2.26. The maximum Gasteiger partial charge on any atom is 0.147 e. The van der Waals surface area contributed by atoms with E-state index in [2.05, 4.69) is 11.8 Å². The third-order valence-corrected chi connectivity index (χ3v) is 4.68. The summed E-state index contributed by atoms with van der Waals surface area (Å²) in [5.74, 6) is 6.12. The second-order valence-corrected chi connectivity index (χ2v) is 7.05. The summed E-state index contributed by atoms with van der Waals surface area (Å²) < 4.78 is 40.9. The van der Waals surface area contributed by atoms with Gasteiger partial charge >= 0.3 is 0 Å². The highest BCUT2D eigenvalue weighted by molar-refractivity contribution is 5.13. The number of rotatable bonds is 13. The molecule has 2 rings (SSSR count). The first-order valence-electron chi connectivity index (χ1n) is 10.3. The molecular weight excluding hydrogens is 375 g/mol. The van der Waals surface area contributed by atoms with Crippen LogP contribution in [-0.2, 0) is 30.3 Å². The molecule has 0 amide bonds. The molecule has 162 valence electrons. The third kappa shape index (κ3) is 11.3. The Morgan fingerprint density at radius 1 is 1.03 bits per heavy atom. The molecule has 6 heteroatoms. The van der Waals surface area contributed by atoms with Gasteiger partial charge in [-0.2, -0.15) is 0 Å². The zero-order valence-electron chi connectivity index (χ0n) is 17.3. The summed E-state index contributed by atoms with van der Waals surface area (Å²) in [7, 11) is 1.63. The predicted octanol–water partition coefficient (Wildman–Crippen LogP) is 3.90. The Kier molecular flexibility index (Phi) is 12.6. The van der Waals surface area contributed by atoms with Crippen molar-refractivity contribution in [2.45, 2.75) is 57.1 Å². The smallest absolute Gasteiger partial charge is 0.147 e. The predicted molar refractivity (Wildman–Crippen MR) is 109 cm³/mol. The molecule has 0 heterocycles. The zero-order chi connectivity index (χ0) is 20.6. The lowest BCUT2D eigenvalue weighted by atomic mass is 9.96. The van der Waals surface area contributed by atoms with Gasteiger partial charge in [-0.25, -0.2) is 4.39 Å². The van der Waals surface area contributed by atoms with Crippen LogP contribution in [0.25, 0.3) is 0 Å². The molecule has 0 radical (unpaired) electrons. The van der Waals surface area contributed by atoms with Crippen molar-refractivity contribution in [3.8, 4) is 11.8 Å². The lowest BCUT2D eigenvalue weighted by Crippen LogP contribution is -2.28. The van der Waals surface area contributed by atoms with E-state index in [4.69, 9.17) is 23.7 Å². The molecule has 1 fully saturated rings. The summed E-state index contributed by atoms with van der Waals surface area (Å²) in [5.41, 5.74) is 1.13. The van der Waals surface area contributed by atoms with Crippen LogP contribution >= 0.6 is 0 Å². The van der Waals surface area contributed by atoms with Crippen molar-refractivity contribution in [1.29, 1.82) is 0 Å². The van der Waals surface area contributed by atoms with Gasteiger partial charge in [-0.15, -0.1) is 0 Å². The van der Waals surface area contributed by atoms with Crippen molar-refractivity contribution < 1.29 is 28.1 Å². The Morgan fingerprint density at radius 2 is 1.83 bits per heavy atom. The van der Waals surface area contributed by atoms with Gasteiger partial charge in [0.05, 0.1) is 38.6 Å². The second-order valence-electron chi connectivity index (χ2n) is 7.05.